The second-order valence-electron chi connectivity index (χ2n) is 14.6. The first kappa shape index (κ1) is 31.5. The average Bonchev–Trinajstić information content (AvgIpc) is 3.99. The van der Waals surface area contributed by atoms with Crippen LogP contribution in [0.15, 0.2) is 195 Å². The van der Waals surface area contributed by atoms with Crippen molar-refractivity contribution in [3.63, 3.8) is 0 Å². The van der Waals surface area contributed by atoms with Crippen molar-refractivity contribution < 1.29 is 0 Å². The number of benzene rings is 7. The standard InChI is InChI=1S/C50H32N4SSi/c1-3-14-34(15-4-1)56(35-16-5-2-6-17-35,37-24-25-38-39-19-7-9-22-45(39)53-28-27-52-49(53)44(38)30-37)36-18-11-13-33(29-36)54-46-32-48-43(40-20-8-10-23-47(40)55-48)31-42(46)41-21-12-26-51-50(41)54/h1-32H. The number of hydrogen-bond donors (Lipinski definition) is 0. The number of thiophene rings is 1. The Hall–Kier alpha value is -6.86. The van der Waals surface area contributed by atoms with E-state index in [-0.39, 0.29) is 0 Å². The van der Waals surface area contributed by atoms with E-state index in [2.05, 4.69) is 191 Å². The topological polar surface area (TPSA) is 35.1 Å². The molecule has 0 saturated carbocycles. The van der Waals surface area contributed by atoms with Gasteiger partial charge in [-0.1, -0.05) is 127 Å². The highest BCUT2D eigenvalue weighted by atomic mass is 32.1. The number of rotatable bonds is 5. The molecule has 5 aromatic heterocycles. The van der Waals surface area contributed by atoms with Gasteiger partial charge in [-0.25, -0.2) is 9.97 Å². The Labute approximate surface area is 327 Å². The summed E-state index contributed by atoms with van der Waals surface area (Å²) in [6.07, 6.45) is 5.92. The van der Waals surface area contributed by atoms with Crippen LogP contribution in [0.2, 0.25) is 0 Å². The first-order valence-electron chi connectivity index (χ1n) is 19.0. The predicted octanol–water partition coefficient (Wildman–Crippen LogP) is 9.88. The Kier molecular flexibility index (Phi) is 6.79. The molecule has 0 atom stereocenters. The number of fused-ring (bicyclic) bond motifs is 12. The molecule has 0 saturated heterocycles. The number of pyridine rings is 2. The summed E-state index contributed by atoms with van der Waals surface area (Å²) in [5.74, 6) is 0. The van der Waals surface area contributed by atoms with Crippen LogP contribution in [0.4, 0.5) is 0 Å². The highest BCUT2D eigenvalue weighted by Crippen LogP contribution is 2.40. The SMILES string of the molecule is c1ccc([Si](c2ccccc2)(c2cccc(-n3c4cc5sc6ccccc6c5cc4c4cccnc43)c2)c2ccc3c4ccccc4n4ccnc4c3c2)cc1. The lowest BCUT2D eigenvalue weighted by Gasteiger charge is -2.35. The second-order valence-corrected chi connectivity index (χ2v) is 19.5. The molecule has 0 amide bonds. The molecule has 0 aliphatic heterocycles. The average molecular weight is 749 g/mol. The van der Waals surface area contributed by atoms with Crippen LogP contribution >= 0.6 is 11.3 Å². The summed E-state index contributed by atoms with van der Waals surface area (Å²) in [6.45, 7) is 0. The summed E-state index contributed by atoms with van der Waals surface area (Å²) in [7, 11) is -2.97. The molecule has 12 aromatic rings. The van der Waals surface area contributed by atoms with Crippen molar-refractivity contribution in [3.05, 3.63) is 195 Å². The molecule has 6 heteroatoms. The summed E-state index contributed by atoms with van der Waals surface area (Å²) in [6, 6.07) is 65.3. The van der Waals surface area contributed by atoms with E-state index in [1.54, 1.807) is 0 Å². The zero-order chi connectivity index (χ0) is 36.8. The van der Waals surface area contributed by atoms with Gasteiger partial charge in [0.15, 0.2) is 8.07 Å². The van der Waals surface area contributed by atoms with E-state index in [1.807, 2.05) is 23.7 Å². The smallest absolute Gasteiger partial charge is 0.179 e. The maximum Gasteiger partial charge on any atom is 0.179 e. The van der Waals surface area contributed by atoms with Crippen molar-refractivity contribution in [3.8, 4) is 5.69 Å². The van der Waals surface area contributed by atoms with Gasteiger partial charge in [-0.15, -0.1) is 11.3 Å². The first-order valence-corrected chi connectivity index (χ1v) is 21.8. The minimum Gasteiger partial charge on any atom is -0.299 e. The number of para-hydroxylation sites is 1. The van der Waals surface area contributed by atoms with Crippen LogP contribution < -0.4 is 20.7 Å². The van der Waals surface area contributed by atoms with Crippen LogP contribution in [0, 0.1) is 0 Å². The summed E-state index contributed by atoms with van der Waals surface area (Å²) < 4.78 is 7.21. The molecule has 262 valence electrons. The predicted molar refractivity (Wildman–Crippen MR) is 239 cm³/mol. The molecule has 0 aliphatic rings. The van der Waals surface area contributed by atoms with Gasteiger partial charge in [-0.3, -0.25) is 8.97 Å². The van der Waals surface area contributed by atoms with Crippen LogP contribution in [0.25, 0.3) is 75.1 Å². The third-order valence-corrected chi connectivity index (χ3v) is 17.6. The molecule has 0 aliphatic carbocycles. The van der Waals surface area contributed by atoms with E-state index in [9.17, 15) is 0 Å². The van der Waals surface area contributed by atoms with Gasteiger partial charge in [0, 0.05) is 66.0 Å². The highest BCUT2D eigenvalue weighted by Gasteiger charge is 2.42. The monoisotopic (exact) mass is 748 g/mol. The minimum atomic E-state index is -2.97. The Morgan fingerprint density at radius 2 is 1.09 bits per heavy atom. The van der Waals surface area contributed by atoms with Crippen LogP contribution in [0.3, 0.4) is 0 Å². The third kappa shape index (κ3) is 4.39. The van der Waals surface area contributed by atoms with Crippen molar-refractivity contribution in [1.29, 1.82) is 0 Å². The summed E-state index contributed by atoms with van der Waals surface area (Å²) >= 11 is 1.86. The van der Waals surface area contributed by atoms with Gasteiger partial charge in [0.2, 0.25) is 0 Å². The molecule has 0 bridgehead atoms. The van der Waals surface area contributed by atoms with E-state index in [0.29, 0.717) is 0 Å². The molecule has 12 rings (SSSR count). The van der Waals surface area contributed by atoms with Gasteiger partial charge < -0.3 is 0 Å². The third-order valence-electron chi connectivity index (χ3n) is 11.8. The van der Waals surface area contributed by atoms with Crippen LogP contribution in [-0.4, -0.2) is 27.0 Å². The largest absolute Gasteiger partial charge is 0.299 e. The van der Waals surface area contributed by atoms with E-state index >= 15 is 0 Å². The summed E-state index contributed by atoms with van der Waals surface area (Å²) in [5, 5.41) is 13.8. The minimum absolute atomic E-state index is 0.965. The summed E-state index contributed by atoms with van der Waals surface area (Å²) in [5.41, 5.74) is 5.37. The fourth-order valence-corrected chi connectivity index (χ4v) is 15.3. The Bertz CT molecular complexity index is 3450. The van der Waals surface area contributed by atoms with Crippen molar-refractivity contribution >= 4 is 110 Å². The number of hydrogen-bond acceptors (Lipinski definition) is 3. The van der Waals surface area contributed by atoms with Crippen LogP contribution in [0.1, 0.15) is 0 Å². The Balaban J connectivity index is 1.18. The van der Waals surface area contributed by atoms with E-state index in [1.165, 1.54) is 62.6 Å². The van der Waals surface area contributed by atoms with Crippen molar-refractivity contribution in [2.45, 2.75) is 0 Å². The fourth-order valence-electron chi connectivity index (χ4n) is 9.38. The molecule has 0 N–H and O–H groups in total. The fraction of sp³-hybridized carbons (Fsp3) is 0. The van der Waals surface area contributed by atoms with E-state index < -0.39 is 8.07 Å². The molecule has 56 heavy (non-hydrogen) atoms. The molecule has 0 unspecified atom stereocenters. The van der Waals surface area contributed by atoms with Gasteiger partial charge in [0.1, 0.15) is 11.3 Å². The van der Waals surface area contributed by atoms with Gasteiger partial charge in [0.25, 0.3) is 0 Å². The first-order chi connectivity index (χ1) is 27.8. The number of imidazole rings is 1. The van der Waals surface area contributed by atoms with E-state index in [4.69, 9.17) is 9.97 Å². The molecule has 0 spiro atoms. The van der Waals surface area contributed by atoms with Crippen molar-refractivity contribution in [2.24, 2.45) is 0 Å². The molecule has 0 fully saturated rings. The van der Waals surface area contributed by atoms with Gasteiger partial charge in [0.05, 0.1) is 11.0 Å². The lowest BCUT2D eigenvalue weighted by atomic mass is 10.1. The maximum atomic E-state index is 5.05. The zero-order valence-corrected chi connectivity index (χ0v) is 32.0. The lowest BCUT2D eigenvalue weighted by molar-refractivity contribution is 1.14. The highest BCUT2D eigenvalue weighted by molar-refractivity contribution is 7.26. The quantitative estimate of drug-likeness (QED) is 0.0999. The molecular weight excluding hydrogens is 717 g/mol. The lowest BCUT2D eigenvalue weighted by Crippen LogP contribution is -2.74. The Morgan fingerprint density at radius 1 is 0.393 bits per heavy atom. The maximum absolute atomic E-state index is 5.05. The number of nitrogens with zero attached hydrogens (tertiary/aromatic N) is 4. The number of aromatic nitrogens is 4. The zero-order valence-electron chi connectivity index (χ0n) is 30.2. The normalized spacial score (nSPS) is 12.3. The van der Waals surface area contributed by atoms with Crippen LogP contribution in [0.5, 0.6) is 0 Å². The van der Waals surface area contributed by atoms with Gasteiger partial charge in [-0.2, -0.15) is 0 Å². The van der Waals surface area contributed by atoms with Crippen molar-refractivity contribution in [2.75, 3.05) is 0 Å². The Morgan fingerprint density at radius 3 is 1.93 bits per heavy atom. The van der Waals surface area contributed by atoms with Gasteiger partial charge in [-0.05, 0) is 74.7 Å². The molecule has 4 nitrogen and oxygen atoms in total. The molecule has 0 radical (unpaired) electrons. The van der Waals surface area contributed by atoms with Crippen molar-refractivity contribution in [1.82, 2.24) is 18.9 Å². The van der Waals surface area contributed by atoms with E-state index in [0.717, 1.165) is 33.3 Å². The molecular formula is C50H32N4SSi. The second kappa shape index (κ2) is 12.1. The summed E-state index contributed by atoms with van der Waals surface area (Å²) in [4.78, 5) is 10.00. The molecule has 5 heterocycles. The molecule has 7 aromatic carbocycles. The van der Waals surface area contributed by atoms with Gasteiger partial charge >= 0.3 is 0 Å². The van der Waals surface area contributed by atoms with Crippen LogP contribution in [-0.2, 0) is 0 Å².